The molecule has 2 fully saturated rings. The number of aliphatic hydroxyl groups is 7. The molecule has 2 heterocycles. The predicted molar refractivity (Wildman–Crippen MR) is 89.6 cm³/mol. The number of ether oxygens (including phenoxy) is 3. The van der Waals surface area contributed by atoms with Crippen molar-refractivity contribution in [1.82, 2.24) is 4.90 Å². The first-order chi connectivity index (χ1) is 13.5. The molecule has 2 rings (SSSR count). The Morgan fingerprint density at radius 3 is 1.86 bits per heavy atom. The fraction of sp³-hybridized carbons (Fsp3) is 0.875. The third-order valence-electron chi connectivity index (χ3n) is 4.96. The van der Waals surface area contributed by atoms with Crippen molar-refractivity contribution in [2.75, 3.05) is 13.2 Å². The lowest BCUT2D eigenvalue weighted by molar-refractivity contribution is -0.348. The van der Waals surface area contributed by atoms with E-state index in [4.69, 9.17) is 14.2 Å². The molecule has 0 radical (unpaired) electrons. The Labute approximate surface area is 165 Å². The average Bonchev–Trinajstić information content (AvgIpc) is 2.66. The van der Waals surface area contributed by atoms with Gasteiger partial charge in [-0.05, 0) is 0 Å². The summed E-state index contributed by atoms with van der Waals surface area (Å²) in [7, 11) is 0. The van der Waals surface area contributed by atoms with Gasteiger partial charge < -0.3 is 50.0 Å². The summed E-state index contributed by atoms with van der Waals surface area (Å²) >= 11 is 0. The molecule has 13 nitrogen and oxygen atoms in total. The lowest BCUT2D eigenvalue weighted by Gasteiger charge is -2.47. The van der Waals surface area contributed by atoms with Crippen LogP contribution >= 0.6 is 0 Å². The lowest BCUT2D eigenvalue weighted by Crippen LogP contribution is -2.68. The summed E-state index contributed by atoms with van der Waals surface area (Å²) in [6.07, 6.45) is -14.7. The first-order valence-electron chi connectivity index (χ1n) is 8.93. The molecule has 0 aromatic carbocycles. The van der Waals surface area contributed by atoms with Crippen LogP contribution in [0.15, 0.2) is 0 Å². The van der Waals surface area contributed by atoms with Gasteiger partial charge in [-0.15, -0.1) is 0 Å². The monoisotopic (exact) mass is 425 g/mol. The number of imide groups is 1. The molecule has 168 valence electrons. The zero-order valence-corrected chi connectivity index (χ0v) is 15.8. The van der Waals surface area contributed by atoms with Crippen LogP contribution in [0.1, 0.15) is 13.8 Å². The minimum absolute atomic E-state index is 0.562. The number of rotatable bonds is 5. The Hall–Kier alpha value is -1.26. The second-order valence-electron chi connectivity index (χ2n) is 6.93. The van der Waals surface area contributed by atoms with Crippen molar-refractivity contribution in [3.8, 4) is 0 Å². The Morgan fingerprint density at radius 2 is 1.38 bits per heavy atom. The van der Waals surface area contributed by atoms with Crippen LogP contribution in [0.4, 0.5) is 0 Å². The van der Waals surface area contributed by atoms with E-state index in [1.165, 1.54) is 0 Å². The fourth-order valence-corrected chi connectivity index (χ4v) is 3.49. The Balaban J connectivity index is 2.28. The number of hydrogen-bond acceptors (Lipinski definition) is 12. The summed E-state index contributed by atoms with van der Waals surface area (Å²) in [6, 6.07) is -1.59. The topological polar surface area (TPSA) is 207 Å². The zero-order chi connectivity index (χ0) is 22.0. The third-order valence-corrected chi connectivity index (χ3v) is 4.96. The molecule has 10 atom stereocenters. The maximum atomic E-state index is 11.8. The molecule has 13 heteroatoms. The van der Waals surface area contributed by atoms with Gasteiger partial charge in [-0.3, -0.25) is 14.5 Å². The van der Waals surface area contributed by atoms with E-state index in [2.05, 4.69) is 0 Å². The van der Waals surface area contributed by atoms with Gasteiger partial charge in [0.2, 0.25) is 11.8 Å². The third kappa shape index (κ3) is 4.74. The van der Waals surface area contributed by atoms with Crippen LogP contribution < -0.4 is 0 Å². The number of carbonyl (C=O) groups excluding carboxylic acids is 2. The lowest BCUT2D eigenvalue weighted by atomic mass is 9.94. The van der Waals surface area contributed by atoms with Gasteiger partial charge in [-0.2, -0.15) is 0 Å². The van der Waals surface area contributed by atoms with E-state index in [1.54, 1.807) is 0 Å². The summed E-state index contributed by atoms with van der Waals surface area (Å²) in [5.41, 5.74) is 0. The Morgan fingerprint density at radius 1 is 0.828 bits per heavy atom. The minimum Gasteiger partial charge on any atom is -0.394 e. The molecular formula is C16H27NO12. The molecule has 0 bridgehead atoms. The van der Waals surface area contributed by atoms with Gasteiger partial charge >= 0.3 is 0 Å². The van der Waals surface area contributed by atoms with Gasteiger partial charge in [-0.25, -0.2) is 0 Å². The van der Waals surface area contributed by atoms with E-state index in [9.17, 15) is 45.3 Å². The summed E-state index contributed by atoms with van der Waals surface area (Å²) < 4.78 is 15.8. The van der Waals surface area contributed by atoms with E-state index < -0.39 is 86.4 Å². The molecule has 0 aromatic heterocycles. The SMILES string of the molecule is CC(=O)N(C(C)=O)[C@H]1C(O)O[C@H](CO)[C@@H](O[C@@H]2O[C@H](CO)[C@H](O)[C@H](O)[C@H]2O)[C@@H]1O. The van der Waals surface area contributed by atoms with Crippen molar-refractivity contribution in [2.45, 2.75) is 75.2 Å². The quantitative estimate of drug-likeness (QED) is 0.221. The predicted octanol–water partition coefficient (Wildman–Crippen LogP) is -4.99. The summed E-state index contributed by atoms with van der Waals surface area (Å²) in [5.74, 6) is -1.59. The fourth-order valence-electron chi connectivity index (χ4n) is 3.49. The standard InChI is InChI=1S/C16H27NO12/c1-5(20)17(6(2)21)9-11(23)14(8(4-19)27-15(9)26)29-16-13(25)12(24)10(22)7(3-18)28-16/h7-16,18-19,22-26H,3-4H2,1-2H3/t7-,8-,9-,10+,11-,12+,13-,14-,15?,16+/m1/s1. The van der Waals surface area contributed by atoms with Gasteiger partial charge in [0.25, 0.3) is 0 Å². The van der Waals surface area contributed by atoms with Crippen LogP contribution in [0, 0.1) is 0 Å². The van der Waals surface area contributed by atoms with E-state index in [0.717, 1.165) is 13.8 Å². The van der Waals surface area contributed by atoms with Crippen LogP contribution in [0.25, 0.3) is 0 Å². The summed E-state index contributed by atoms with van der Waals surface area (Å²) in [6.45, 7) is 0.587. The van der Waals surface area contributed by atoms with Crippen molar-refractivity contribution in [3.05, 3.63) is 0 Å². The molecule has 2 aliphatic heterocycles. The van der Waals surface area contributed by atoms with Crippen LogP contribution in [0.3, 0.4) is 0 Å². The molecule has 0 aromatic rings. The number of aliphatic hydroxyl groups excluding tert-OH is 7. The highest BCUT2D eigenvalue weighted by Crippen LogP contribution is 2.30. The smallest absolute Gasteiger partial charge is 0.226 e. The highest BCUT2D eigenvalue weighted by Gasteiger charge is 2.52. The van der Waals surface area contributed by atoms with E-state index in [0.29, 0.717) is 4.90 Å². The van der Waals surface area contributed by atoms with Crippen LogP contribution in [-0.4, -0.2) is 127 Å². The molecule has 2 amide bonds. The molecule has 0 saturated carbocycles. The van der Waals surface area contributed by atoms with Crippen molar-refractivity contribution < 1.29 is 59.5 Å². The van der Waals surface area contributed by atoms with Crippen molar-refractivity contribution in [1.29, 1.82) is 0 Å². The van der Waals surface area contributed by atoms with E-state index in [-0.39, 0.29) is 0 Å². The Kier molecular flexibility index (Phi) is 8.03. The Bertz CT molecular complexity index is 574. The van der Waals surface area contributed by atoms with Gasteiger partial charge in [-0.1, -0.05) is 0 Å². The first kappa shape index (κ1) is 24.0. The average molecular weight is 425 g/mol. The van der Waals surface area contributed by atoms with Crippen molar-refractivity contribution in [2.24, 2.45) is 0 Å². The number of hydrogen-bond donors (Lipinski definition) is 7. The molecule has 0 spiro atoms. The molecule has 2 saturated heterocycles. The summed E-state index contributed by atoms with van der Waals surface area (Å²) in [4.78, 5) is 24.2. The van der Waals surface area contributed by atoms with E-state index >= 15 is 0 Å². The van der Waals surface area contributed by atoms with Crippen molar-refractivity contribution in [3.63, 3.8) is 0 Å². The van der Waals surface area contributed by atoms with Gasteiger partial charge in [0.05, 0.1) is 13.2 Å². The van der Waals surface area contributed by atoms with Crippen molar-refractivity contribution >= 4 is 11.8 Å². The molecule has 2 aliphatic rings. The van der Waals surface area contributed by atoms with Gasteiger partial charge in [0.1, 0.15) is 48.8 Å². The number of carbonyl (C=O) groups is 2. The number of amides is 2. The van der Waals surface area contributed by atoms with Crippen LogP contribution in [0.2, 0.25) is 0 Å². The second kappa shape index (κ2) is 9.70. The normalized spacial score (nSPS) is 43.1. The van der Waals surface area contributed by atoms with E-state index in [1.807, 2.05) is 0 Å². The molecule has 1 unspecified atom stereocenters. The zero-order valence-electron chi connectivity index (χ0n) is 15.8. The van der Waals surface area contributed by atoms with Crippen LogP contribution in [0.5, 0.6) is 0 Å². The van der Waals surface area contributed by atoms with Gasteiger partial charge in [0, 0.05) is 13.8 Å². The number of nitrogens with zero attached hydrogens (tertiary/aromatic N) is 1. The molecule has 0 aliphatic carbocycles. The molecular weight excluding hydrogens is 398 g/mol. The van der Waals surface area contributed by atoms with Gasteiger partial charge in [0.15, 0.2) is 12.6 Å². The highest BCUT2D eigenvalue weighted by atomic mass is 16.7. The largest absolute Gasteiger partial charge is 0.394 e. The summed E-state index contributed by atoms with van der Waals surface area (Å²) in [5, 5.41) is 69.4. The second-order valence-corrected chi connectivity index (χ2v) is 6.93. The minimum atomic E-state index is -1.84. The van der Waals surface area contributed by atoms with Crippen LogP contribution in [-0.2, 0) is 23.8 Å². The molecule has 7 N–H and O–H groups in total. The molecule has 29 heavy (non-hydrogen) atoms. The maximum Gasteiger partial charge on any atom is 0.226 e. The maximum absolute atomic E-state index is 11.8. The highest BCUT2D eigenvalue weighted by molar-refractivity contribution is 5.93. The first-order valence-corrected chi connectivity index (χ1v) is 8.93.